The number of nitrogens with zero attached hydrogens (tertiary/aromatic N) is 1. The van der Waals surface area contributed by atoms with Crippen LogP contribution in [0.4, 0.5) is 0 Å². The summed E-state index contributed by atoms with van der Waals surface area (Å²) in [6, 6.07) is 19.6. The number of Topliss-reactive ketones (excluding diaryl/α,β-unsaturated/α-hetero) is 1. The lowest BCUT2D eigenvalue weighted by Gasteiger charge is -2.35. The van der Waals surface area contributed by atoms with E-state index in [-0.39, 0.29) is 73.8 Å². The molecular weight excluding hydrogens is 843 g/mol. The number of esters is 1. The molecule has 3 aromatic rings. The molecule has 2 aliphatic heterocycles. The predicted octanol–water partition coefficient (Wildman–Crippen LogP) is 4.32. The highest BCUT2D eigenvalue weighted by atomic mass is 16.6. The molecule has 2 saturated heterocycles. The van der Waals surface area contributed by atoms with Gasteiger partial charge >= 0.3 is 5.97 Å². The van der Waals surface area contributed by atoms with E-state index >= 15 is 0 Å². The second kappa shape index (κ2) is 24.7. The highest BCUT2D eigenvalue weighted by molar-refractivity contribution is 5.99. The van der Waals surface area contributed by atoms with Crippen LogP contribution in [0.5, 0.6) is 5.75 Å². The van der Waals surface area contributed by atoms with E-state index in [4.69, 9.17) is 14.2 Å². The first-order valence-electron chi connectivity index (χ1n) is 23.1. The SMILES string of the molecule is CCC(=O)Oc1ccc(CC2COCCN2CC(=O)N[C@@H](CCc2ccccc2)C(=O)N[C@@H](CC(C)C)C(=O)N[C@@H](Cc2ccccc2)C(=O)N[C@@H](CC(C)C)C(=O)[C@@]2(C)CO2)cc1C=O. The summed E-state index contributed by atoms with van der Waals surface area (Å²) in [5.74, 6) is -2.50. The minimum atomic E-state index is -1.08. The number of benzene rings is 3. The van der Waals surface area contributed by atoms with Crippen molar-refractivity contribution in [1.29, 1.82) is 0 Å². The van der Waals surface area contributed by atoms with Crippen molar-refractivity contribution >= 4 is 41.7 Å². The first kappa shape index (κ1) is 51.2. The standard InChI is InChI=1S/C51H67N5O10/c1-7-46(59)66-44-21-19-37(26-38(44)30-57)27-39-31-64-23-22-56(39)29-45(58)52-40(20-18-35-14-10-8-11-15-35)48(61)54-42(25-34(4)5)49(62)55-43(28-36-16-12-9-13-17-36)50(63)53-41(24-33(2)3)47(60)51(6)32-65-51/h8-17,19,21,26,30,33-34,39-43H,7,18,20,22-25,27-29,31-32H2,1-6H3,(H,52,58)(H,53,63)(H,54,61)(H,55,62)/t39?,40-,41-,42-,43-,51+/m0/s1. The first-order valence-corrected chi connectivity index (χ1v) is 23.1. The van der Waals surface area contributed by atoms with Crippen molar-refractivity contribution in [2.75, 3.05) is 32.9 Å². The minimum Gasteiger partial charge on any atom is -0.426 e. The summed E-state index contributed by atoms with van der Waals surface area (Å²) < 4.78 is 16.5. The van der Waals surface area contributed by atoms with Crippen LogP contribution in [0.25, 0.3) is 0 Å². The zero-order valence-electron chi connectivity index (χ0n) is 39.1. The molecule has 15 heteroatoms. The van der Waals surface area contributed by atoms with E-state index < -0.39 is 59.4 Å². The molecule has 0 aliphatic carbocycles. The Labute approximate surface area is 388 Å². The summed E-state index contributed by atoms with van der Waals surface area (Å²) in [6.45, 7) is 12.5. The van der Waals surface area contributed by atoms with E-state index in [1.54, 1.807) is 32.0 Å². The van der Waals surface area contributed by atoms with Gasteiger partial charge in [-0.15, -0.1) is 0 Å². The van der Waals surface area contributed by atoms with Crippen molar-refractivity contribution in [1.82, 2.24) is 26.2 Å². The molecule has 2 fully saturated rings. The molecule has 356 valence electrons. The molecular formula is C51H67N5O10. The maximum absolute atomic E-state index is 14.4. The molecule has 1 unspecified atom stereocenters. The molecule has 5 rings (SSSR count). The molecule has 0 spiro atoms. The average molecular weight is 910 g/mol. The smallest absolute Gasteiger partial charge is 0.310 e. The summed E-state index contributed by atoms with van der Waals surface area (Å²) in [7, 11) is 0. The van der Waals surface area contributed by atoms with Crippen molar-refractivity contribution in [3.8, 4) is 5.75 Å². The number of morpholine rings is 1. The summed E-state index contributed by atoms with van der Waals surface area (Å²) >= 11 is 0. The fourth-order valence-electron chi connectivity index (χ4n) is 8.01. The minimum absolute atomic E-state index is 0.0458. The number of rotatable bonds is 25. The number of hydrogen-bond acceptors (Lipinski definition) is 11. The highest BCUT2D eigenvalue weighted by Gasteiger charge is 2.50. The Morgan fingerprint density at radius 3 is 1.98 bits per heavy atom. The molecule has 66 heavy (non-hydrogen) atoms. The third-order valence-electron chi connectivity index (χ3n) is 11.8. The van der Waals surface area contributed by atoms with Gasteiger partial charge in [0.25, 0.3) is 0 Å². The predicted molar refractivity (Wildman–Crippen MR) is 249 cm³/mol. The first-order chi connectivity index (χ1) is 31.6. The van der Waals surface area contributed by atoms with Gasteiger partial charge in [-0.2, -0.15) is 0 Å². The Morgan fingerprint density at radius 1 is 0.773 bits per heavy atom. The molecule has 0 saturated carbocycles. The Balaban J connectivity index is 1.32. The zero-order chi connectivity index (χ0) is 47.8. The fraction of sp³-hybridized carbons (Fsp3) is 0.510. The third-order valence-corrected chi connectivity index (χ3v) is 11.8. The Bertz CT molecular complexity index is 2130. The van der Waals surface area contributed by atoms with Crippen molar-refractivity contribution in [2.45, 2.75) is 122 Å². The largest absolute Gasteiger partial charge is 0.426 e. The summed E-state index contributed by atoms with van der Waals surface area (Å²) in [5.41, 5.74) is 1.82. The van der Waals surface area contributed by atoms with Gasteiger partial charge in [-0.25, -0.2) is 0 Å². The van der Waals surface area contributed by atoms with Gasteiger partial charge in [0.05, 0.1) is 38.0 Å². The molecule has 4 N–H and O–H groups in total. The topological polar surface area (TPSA) is 202 Å². The lowest BCUT2D eigenvalue weighted by atomic mass is 9.93. The average Bonchev–Trinajstić information content (AvgIpc) is 4.06. The van der Waals surface area contributed by atoms with E-state index in [0.29, 0.717) is 45.3 Å². The van der Waals surface area contributed by atoms with Gasteiger partial charge in [-0.1, -0.05) is 101 Å². The lowest BCUT2D eigenvalue weighted by Crippen LogP contribution is -2.59. The maximum atomic E-state index is 14.4. The van der Waals surface area contributed by atoms with E-state index in [1.165, 1.54) is 0 Å². The van der Waals surface area contributed by atoms with Gasteiger partial charge in [0.2, 0.25) is 23.6 Å². The molecule has 2 heterocycles. The van der Waals surface area contributed by atoms with Crippen LogP contribution in [0.2, 0.25) is 0 Å². The maximum Gasteiger partial charge on any atom is 0.310 e. The molecule has 0 radical (unpaired) electrons. The quantitative estimate of drug-likeness (QED) is 0.0409. The number of ether oxygens (including phenoxy) is 3. The summed E-state index contributed by atoms with van der Waals surface area (Å²) in [5, 5.41) is 11.7. The van der Waals surface area contributed by atoms with E-state index in [1.807, 2.05) is 93.3 Å². The number of aryl methyl sites for hydroxylation is 1. The number of hydrogen-bond donors (Lipinski definition) is 4. The Hall–Kier alpha value is -5.77. The van der Waals surface area contributed by atoms with Gasteiger partial charge in [0, 0.05) is 25.4 Å². The molecule has 2 aliphatic rings. The van der Waals surface area contributed by atoms with Crippen LogP contribution in [0.15, 0.2) is 78.9 Å². The summed E-state index contributed by atoms with van der Waals surface area (Å²) in [6.07, 6.45) is 2.69. The molecule has 15 nitrogen and oxygen atoms in total. The molecule has 6 atom stereocenters. The van der Waals surface area contributed by atoms with Crippen molar-refractivity contribution in [3.05, 3.63) is 101 Å². The number of amides is 4. The Morgan fingerprint density at radius 2 is 1.36 bits per heavy atom. The Kier molecular flexibility index (Phi) is 19.1. The van der Waals surface area contributed by atoms with Crippen LogP contribution in [-0.4, -0.2) is 115 Å². The lowest BCUT2D eigenvalue weighted by molar-refractivity contribution is -0.135. The third kappa shape index (κ3) is 15.7. The number of aldehydes is 1. The molecule has 3 aromatic carbocycles. The number of ketones is 1. The van der Waals surface area contributed by atoms with Crippen LogP contribution in [0.1, 0.15) is 94.3 Å². The van der Waals surface area contributed by atoms with Gasteiger partial charge < -0.3 is 35.5 Å². The van der Waals surface area contributed by atoms with Crippen molar-refractivity contribution in [3.63, 3.8) is 0 Å². The molecule has 4 amide bonds. The number of carbonyl (C=O) groups is 7. The summed E-state index contributed by atoms with van der Waals surface area (Å²) in [4.78, 5) is 96.0. The number of nitrogens with one attached hydrogen (secondary N) is 4. The normalized spacial score (nSPS) is 18.9. The second-order valence-corrected chi connectivity index (χ2v) is 18.4. The van der Waals surface area contributed by atoms with E-state index in [0.717, 1.165) is 16.7 Å². The van der Waals surface area contributed by atoms with Crippen LogP contribution in [0, 0.1) is 11.8 Å². The van der Waals surface area contributed by atoms with Gasteiger partial charge in [0.15, 0.2) is 12.1 Å². The van der Waals surface area contributed by atoms with Crippen molar-refractivity contribution < 1.29 is 47.8 Å². The van der Waals surface area contributed by atoms with Gasteiger partial charge in [-0.05, 0) is 79.7 Å². The van der Waals surface area contributed by atoms with Gasteiger partial charge in [-0.3, -0.25) is 38.5 Å². The van der Waals surface area contributed by atoms with Crippen LogP contribution in [0.3, 0.4) is 0 Å². The molecule has 0 aromatic heterocycles. The van der Waals surface area contributed by atoms with Crippen LogP contribution < -0.4 is 26.0 Å². The van der Waals surface area contributed by atoms with Crippen molar-refractivity contribution in [2.24, 2.45) is 11.8 Å². The monoisotopic (exact) mass is 909 g/mol. The van der Waals surface area contributed by atoms with Crippen LogP contribution >= 0.6 is 0 Å². The number of carbonyl (C=O) groups excluding carboxylic acids is 7. The fourth-order valence-corrected chi connectivity index (χ4v) is 8.01. The zero-order valence-corrected chi connectivity index (χ0v) is 39.1. The highest BCUT2D eigenvalue weighted by Crippen LogP contribution is 2.30. The van der Waals surface area contributed by atoms with E-state index in [9.17, 15) is 33.6 Å². The van der Waals surface area contributed by atoms with Gasteiger partial charge in [0.1, 0.15) is 29.5 Å². The van der Waals surface area contributed by atoms with Crippen LogP contribution in [-0.2, 0) is 57.5 Å². The molecule has 0 bridgehead atoms. The van der Waals surface area contributed by atoms with E-state index in [2.05, 4.69) is 21.3 Å². The second-order valence-electron chi connectivity index (χ2n) is 18.4. The number of epoxide rings is 1.